The Balaban J connectivity index is 1.62. The molecule has 2 aromatic carbocycles. The van der Waals surface area contributed by atoms with Crippen molar-refractivity contribution < 1.29 is 4.79 Å². The quantitative estimate of drug-likeness (QED) is 0.704. The minimum absolute atomic E-state index is 0.0116. The zero-order valence-corrected chi connectivity index (χ0v) is 14.5. The lowest BCUT2D eigenvalue weighted by Gasteiger charge is -2.07. The number of carbonyl (C=O) groups excluding carboxylic acids is 1. The number of carbonyl (C=O) groups is 1. The van der Waals surface area contributed by atoms with Crippen LogP contribution in [0.1, 0.15) is 12.0 Å². The molecule has 2 aromatic rings. The molecule has 0 aliphatic carbocycles. The van der Waals surface area contributed by atoms with E-state index in [1.807, 2.05) is 48.5 Å². The standard InChI is InChI=1S/C17H18BrClN2O/c18-14-4-6-16(7-5-14)21-17(22)9-11-20-10-8-13-2-1-3-15(19)12-13/h1-7,12,20H,8-11H2,(H,21,22). The number of halogens is 2. The van der Waals surface area contributed by atoms with Crippen LogP contribution in [0, 0.1) is 0 Å². The van der Waals surface area contributed by atoms with Crippen molar-refractivity contribution in [2.75, 3.05) is 18.4 Å². The third-order valence-electron chi connectivity index (χ3n) is 3.14. The van der Waals surface area contributed by atoms with Gasteiger partial charge in [-0.2, -0.15) is 0 Å². The largest absolute Gasteiger partial charge is 0.326 e. The zero-order valence-electron chi connectivity index (χ0n) is 12.1. The summed E-state index contributed by atoms with van der Waals surface area (Å²) in [6.45, 7) is 1.48. The zero-order chi connectivity index (χ0) is 15.8. The fraction of sp³-hybridized carbons (Fsp3) is 0.235. The summed E-state index contributed by atoms with van der Waals surface area (Å²) in [5, 5.41) is 6.89. The van der Waals surface area contributed by atoms with Crippen molar-refractivity contribution in [2.24, 2.45) is 0 Å². The van der Waals surface area contributed by atoms with Crippen molar-refractivity contribution >= 4 is 39.1 Å². The molecule has 116 valence electrons. The van der Waals surface area contributed by atoms with Crippen LogP contribution < -0.4 is 10.6 Å². The first-order valence-electron chi connectivity index (χ1n) is 7.14. The van der Waals surface area contributed by atoms with E-state index < -0.39 is 0 Å². The number of benzene rings is 2. The lowest BCUT2D eigenvalue weighted by molar-refractivity contribution is -0.116. The number of hydrogen-bond donors (Lipinski definition) is 2. The maximum Gasteiger partial charge on any atom is 0.225 e. The molecular formula is C17H18BrClN2O. The summed E-state index contributed by atoms with van der Waals surface area (Å²) in [7, 11) is 0. The monoisotopic (exact) mass is 380 g/mol. The average molecular weight is 382 g/mol. The maximum atomic E-state index is 11.8. The third kappa shape index (κ3) is 6.18. The molecule has 0 aliphatic rings. The molecule has 0 atom stereocenters. The van der Waals surface area contributed by atoms with Crippen LogP contribution in [-0.2, 0) is 11.2 Å². The highest BCUT2D eigenvalue weighted by Crippen LogP contribution is 2.14. The Bertz CT molecular complexity index is 616. The number of amides is 1. The molecule has 1 amide bonds. The Morgan fingerprint density at radius 3 is 2.59 bits per heavy atom. The second-order valence-electron chi connectivity index (χ2n) is 4.93. The van der Waals surface area contributed by atoms with E-state index in [0.29, 0.717) is 13.0 Å². The molecule has 0 aromatic heterocycles. The SMILES string of the molecule is O=C(CCNCCc1cccc(Cl)c1)Nc1ccc(Br)cc1. The molecule has 0 unspecified atom stereocenters. The Labute approximate surface area is 144 Å². The fourth-order valence-electron chi connectivity index (χ4n) is 2.01. The molecule has 0 aliphatic heterocycles. The van der Waals surface area contributed by atoms with E-state index in [4.69, 9.17) is 11.6 Å². The number of nitrogens with one attached hydrogen (secondary N) is 2. The van der Waals surface area contributed by atoms with Gasteiger partial charge in [0.05, 0.1) is 0 Å². The highest BCUT2D eigenvalue weighted by molar-refractivity contribution is 9.10. The van der Waals surface area contributed by atoms with Gasteiger partial charge in [-0.15, -0.1) is 0 Å². The van der Waals surface area contributed by atoms with Crippen molar-refractivity contribution in [3.05, 3.63) is 63.6 Å². The third-order valence-corrected chi connectivity index (χ3v) is 3.90. The second kappa shape index (κ2) is 8.93. The maximum absolute atomic E-state index is 11.8. The van der Waals surface area contributed by atoms with E-state index in [-0.39, 0.29) is 5.91 Å². The normalized spacial score (nSPS) is 10.5. The molecule has 22 heavy (non-hydrogen) atoms. The van der Waals surface area contributed by atoms with Crippen molar-refractivity contribution in [1.29, 1.82) is 0 Å². The van der Waals surface area contributed by atoms with Crippen LogP contribution in [0.2, 0.25) is 5.02 Å². The van der Waals surface area contributed by atoms with E-state index in [1.54, 1.807) is 0 Å². The fourth-order valence-corrected chi connectivity index (χ4v) is 2.49. The molecule has 0 saturated carbocycles. The smallest absolute Gasteiger partial charge is 0.225 e. The van der Waals surface area contributed by atoms with Gasteiger partial charge in [-0.25, -0.2) is 0 Å². The molecule has 0 spiro atoms. The van der Waals surface area contributed by atoms with Crippen LogP contribution in [0.4, 0.5) is 5.69 Å². The van der Waals surface area contributed by atoms with Crippen molar-refractivity contribution in [1.82, 2.24) is 5.32 Å². The molecule has 2 rings (SSSR count). The Morgan fingerprint density at radius 1 is 1.09 bits per heavy atom. The highest BCUT2D eigenvalue weighted by Gasteiger charge is 2.02. The van der Waals surface area contributed by atoms with Crippen LogP contribution >= 0.6 is 27.5 Å². The number of anilines is 1. The molecule has 0 radical (unpaired) electrons. The molecule has 0 fully saturated rings. The van der Waals surface area contributed by atoms with E-state index in [1.165, 1.54) is 5.56 Å². The highest BCUT2D eigenvalue weighted by atomic mass is 79.9. The lowest BCUT2D eigenvalue weighted by Crippen LogP contribution is -2.23. The minimum atomic E-state index is 0.0116. The summed E-state index contributed by atoms with van der Waals surface area (Å²) in [6.07, 6.45) is 1.35. The summed E-state index contributed by atoms with van der Waals surface area (Å²) in [4.78, 5) is 11.8. The van der Waals surface area contributed by atoms with E-state index in [9.17, 15) is 4.79 Å². The van der Waals surface area contributed by atoms with Gasteiger partial charge in [0.2, 0.25) is 5.91 Å². The summed E-state index contributed by atoms with van der Waals surface area (Å²) in [5.74, 6) is 0.0116. The average Bonchev–Trinajstić information content (AvgIpc) is 2.49. The molecule has 0 heterocycles. The molecule has 0 saturated heterocycles. The predicted octanol–water partition coefficient (Wildman–Crippen LogP) is 4.26. The molecular weight excluding hydrogens is 364 g/mol. The van der Waals surface area contributed by atoms with Crippen molar-refractivity contribution in [2.45, 2.75) is 12.8 Å². The topological polar surface area (TPSA) is 41.1 Å². The van der Waals surface area contributed by atoms with Crippen LogP contribution in [-0.4, -0.2) is 19.0 Å². The van der Waals surface area contributed by atoms with Gasteiger partial charge in [0.25, 0.3) is 0 Å². The van der Waals surface area contributed by atoms with Gasteiger partial charge in [-0.05, 0) is 54.9 Å². The van der Waals surface area contributed by atoms with Gasteiger partial charge in [0.1, 0.15) is 0 Å². The predicted molar refractivity (Wildman–Crippen MR) is 95.4 cm³/mol. The first-order valence-corrected chi connectivity index (χ1v) is 8.31. The van der Waals surface area contributed by atoms with Crippen LogP contribution in [0.25, 0.3) is 0 Å². The Kier molecular flexibility index (Phi) is 6.90. The van der Waals surface area contributed by atoms with Crippen LogP contribution in [0.15, 0.2) is 53.0 Å². The second-order valence-corrected chi connectivity index (χ2v) is 6.29. The molecule has 2 N–H and O–H groups in total. The van der Waals surface area contributed by atoms with Crippen LogP contribution in [0.5, 0.6) is 0 Å². The van der Waals surface area contributed by atoms with Gasteiger partial charge in [-0.3, -0.25) is 4.79 Å². The van der Waals surface area contributed by atoms with E-state index >= 15 is 0 Å². The first-order chi connectivity index (χ1) is 10.6. The van der Waals surface area contributed by atoms with Gasteiger partial charge in [0, 0.05) is 28.1 Å². The van der Waals surface area contributed by atoms with Gasteiger partial charge in [0.15, 0.2) is 0 Å². The van der Waals surface area contributed by atoms with Gasteiger partial charge in [-0.1, -0.05) is 39.7 Å². The summed E-state index contributed by atoms with van der Waals surface area (Å²) in [5.41, 5.74) is 2.01. The Hall–Kier alpha value is -1.36. The molecule has 0 bridgehead atoms. The molecule has 5 heteroatoms. The molecule has 3 nitrogen and oxygen atoms in total. The van der Waals surface area contributed by atoms with Crippen LogP contribution in [0.3, 0.4) is 0 Å². The number of rotatable bonds is 7. The minimum Gasteiger partial charge on any atom is -0.326 e. The van der Waals surface area contributed by atoms with Gasteiger partial charge < -0.3 is 10.6 Å². The Morgan fingerprint density at radius 2 is 1.86 bits per heavy atom. The summed E-state index contributed by atoms with van der Waals surface area (Å²) >= 11 is 9.30. The van der Waals surface area contributed by atoms with Crippen molar-refractivity contribution in [3.8, 4) is 0 Å². The van der Waals surface area contributed by atoms with Crippen molar-refractivity contribution in [3.63, 3.8) is 0 Å². The summed E-state index contributed by atoms with van der Waals surface area (Å²) in [6, 6.07) is 15.4. The lowest BCUT2D eigenvalue weighted by atomic mass is 10.1. The van der Waals surface area contributed by atoms with E-state index in [2.05, 4.69) is 26.6 Å². The van der Waals surface area contributed by atoms with E-state index in [0.717, 1.165) is 28.1 Å². The summed E-state index contributed by atoms with van der Waals surface area (Å²) < 4.78 is 0.994. The van der Waals surface area contributed by atoms with Gasteiger partial charge >= 0.3 is 0 Å². The number of hydrogen-bond acceptors (Lipinski definition) is 2. The first kappa shape index (κ1) is 17.0.